The van der Waals surface area contributed by atoms with Gasteiger partial charge >= 0.3 is 0 Å². The van der Waals surface area contributed by atoms with Gasteiger partial charge in [-0.15, -0.1) is 0 Å². The SMILES string of the molecule is CCC1(C)COC(C)=C(C)O1. The highest BCUT2D eigenvalue weighted by molar-refractivity contribution is 5.01. The summed E-state index contributed by atoms with van der Waals surface area (Å²) in [5.41, 5.74) is -0.108. The molecule has 0 aromatic heterocycles. The number of allylic oxidation sites excluding steroid dienone is 2. The highest BCUT2D eigenvalue weighted by Gasteiger charge is 2.29. The lowest BCUT2D eigenvalue weighted by Gasteiger charge is -2.34. The first-order valence-corrected chi connectivity index (χ1v) is 4.07. The van der Waals surface area contributed by atoms with E-state index in [9.17, 15) is 0 Å². The number of hydrogen-bond donors (Lipinski definition) is 0. The molecule has 0 fully saturated rings. The van der Waals surface area contributed by atoms with Gasteiger partial charge in [-0.05, 0) is 27.2 Å². The largest absolute Gasteiger partial charge is 0.491 e. The summed E-state index contributed by atoms with van der Waals surface area (Å²) in [7, 11) is 0. The number of ether oxygens (including phenoxy) is 2. The maximum Gasteiger partial charge on any atom is 0.139 e. The first-order chi connectivity index (χ1) is 5.07. The van der Waals surface area contributed by atoms with Crippen LogP contribution >= 0.6 is 0 Å². The summed E-state index contributed by atoms with van der Waals surface area (Å²) < 4.78 is 11.1. The van der Waals surface area contributed by atoms with Crippen molar-refractivity contribution in [3.8, 4) is 0 Å². The Kier molecular flexibility index (Phi) is 2.12. The van der Waals surface area contributed by atoms with Crippen LogP contribution in [0.1, 0.15) is 34.1 Å². The minimum absolute atomic E-state index is 0.108. The molecule has 11 heavy (non-hydrogen) atoms. The van der Waals surface area contributed by atoms with Gasteiger partial charge in [0.1, 0.15) is 23.7 Å². The van der Waals surface area contributed by atoms with Gasteiger partial charge in [0.25, 0.3) is 0 Å². The topological polar surface area (TPSA) is 18.5 Å². The van der Waals surface area contributed by atoms with Gasteiger partial charge in [-0.1, -0.05) is 6.92 Å². The fourth-order valence-corrected chi connectivity index (χ4v) is 1.01. The molecule has 0 aliphatic carbocycles. The Hall–Kier alpha value is -0.660. The Labute approximate surface area is 68.2 Å². The molecule has 1 atom stereocenters. The van der Waals surface area contributed by atoms with E-state index in [1.807, 2.05) is 13.8 Å². The molecule has 0 saturated heterocycles. The van der Waals surface area contributed by atoms with Gasteiger partial charge < -0.3 is 9.47 Å². The predicted octanol–water partition coefficient (Wildman–Crippen LogP) is 2.45. The lowest BCUT2D eigenvalue weighted by atomic mass is 10.0. The molecule has 2 heteroatoms. The maximum atomic E-state index is 5.69. The third kappa shape index (κ3) is 1.67. The van der Waals surface area contributed by atoms with Gasteiger partial charge in [0, 0.05) is 0 Å². The lowest BCUT2D eigenvalue weighted by Crippen LogP contribution is -2.36. The van der Waals surface area contributed by atoms with Gasteiger partial charge in [-0.2, -0.15) is 0 Å². The fourth-order valence-electron chi connectivity index (χ4n) is 1.01. The van der Waals surface area contributed by atoms with Crippen LogP contribution in [0, 0.1) is 0 Å². The highest BCUT2D eigenvalue weighted by Crippen LogP contribution is 2.27. The van der Waals surface area contributed by atoms with Crippen LogP contribution < -0.4 is 0 Å². The summed E-state index contributed by atoms with van der Waals surface area (Å²) in [6.07, 6.45) is 0.984. The minimum Gasteiger partial charge on any atom is -0.491 e. The summed E-state index contributed by atoms with van der Waals surface area (Å²) >= 11 is 0. The van der Waals surface area contributed by atoms with Crippen LogP contribution in [0.15, 0.2) is 11.5 Å². The van der Waals surface area contributed by atoms with Crippen molar-refractivity contribution in [2.24, 2.45) is 0 Å². The van der Waals surface area contributed by atoms with Crippen molar-refractivity contribution >= 4 is 0 Å². The van der Waals surface area contributed by atoms with E-state index in [2.05, 4.69) is 13.8 Å². The Morgan fingerprint density at radius 3 is 2.45 bits per heavy atom. The summed E-state index contributed by atoms with van der Waals surface area (Å²) in [4.78, 5) is 0. The average Bonchev–Trinajstić information content (AvgIpc) is 1.98. The van der Waals surface area contributed by atoms with Crippen molar-refractivity contribution in [3.05, 3.63) is 11.5 Å². The van der Waals surface area contributed by atoms with E-state index >= 15 is 0 Å². The van der Waals surface area contributed by atoms with E-state index in [1.165, 1.54) is 0 Å². The predicted molar refractivity (Wildman–Crippen MR) is 44.1 cm³/mol. The first-order valence-electron chi connectivity index (χ1n) is 4.07. The quantitative estimate of drug-likeness (QED) is 0.580. The zero-order valence-corrected chi connectivity index (χ0v) is 7.73. The van der Waals surface area contributed by atoms with E-state index < -0.39 is 0 Å². The van der Waals surface area contributed by atoms with Crippen molar-refractivity contribution in [3.63, 3.8) is 0 Å². The zero-order valence-electron chi connectivity index (χ0n) is 7.73. The molecule has 1 heterocycles. The lowest BCUT2D eigenvalue weighted by molar-refractivity contribution is -0.0754. The smallest absolute Gasteiger partial charge is 0.139 e. The molecule has 0 amide bonds. The Balaban J connectivity index is 2.71. The fraction of sp³-hybridized carbons (Fsp3) is 0.778. The third-order valence-corrected chi connectivity index (χ3v) is 2.24. The summed E-state index contributed by atoms with van der Waals surface area (Å²) in [6.45, 7) is 8.74. The molecule has 0 aromatic rings. The van der Waals surface area contributed by atoms with Crippen molar-refractivity contribution < 1.29 is 9.47 Å². The number of hydrogen-bond acceptors (Lipinski definition) is 2. The van der Waals surface area contributed by atoms with E-state index in [4.69, 9.17) is 9.47 Å². The Morgan fingerprint density at radius 1 is 1.36 bits per heavy atom. The molecule has 0 bridgehead atoms. The molecule has 0 saturated carbocycles. The molecule has 64 valence electrons. The van der Waals surface area contributed by atoms with Crippen molar-refractivity contribution in [2.75, 3.05) is 6.61 Å². The van der Waals surface area contributed by atoms with Gasteiger partial charge in [-0.3, -0.25) is 0 Å². The molecule has 0 N–H and O–H groups in total. The molecular weight excluding hydrogens is 140 g/mol. The molecule has 1 aliphatic rings. The number of rotatable bonds is 1. The second-order valence-corrected chi connectivity index (χ2v) is 3.31. The van der Waals surface area contributed by atoms with E-state index in [1.54, 1.807) is 0 Å². The van der Waals surface area contributed by atoms with E-state index in [-0.39, 0.29) is 5.60 Å². The standard InChI is InChI=1S/C9H16O2/c1-5-9(4)6-10-7(2)8(3)11-9/h5-6H2,1-4H3. The molecular formula is C9H16O2. The van der Waals surface area contributed by atoms with Crippen LogP contribution in [0.4, 0.5) is 0 Å². The summed E-state index contributed by atoms with van der Waals surface area (Å²) in [5, 5.41) is 0. The zero-order chi connectivity index (χ0) is 8.48. The minimum atomic E-state index is -0.108. The first kappa shape index (κ1) is 8.44. The summed E-state index contributed by atoms with van der Waals surface area (Å²) in [6, 6.07) is 0. The van der Waals surface area contributed by atoms with Gasteiger partial charge in [0.2, 0.25) is 0 Å². The normalized spacial score (nSPS) is 31.3. The molecule has 2 nitrogen and oxygen atoms in total. The van der Waals surface area contributed by atoms with Crippen LogP contribution in [0.2, 0.25) is 0 Å². The van der Waals surface area contributed by atoms with E-state index in [0.29, 0.717) is 6.61 Å². The molecule has 0 aromatic carbocycles. The van der Waals surface area contributed by atoms with Gasteiger partial charge in [0.15, 0.2) is 0 Å². The summed E-state index contributed by atoms with van der Waals surface area (Å²) in [5.74, 6) is 1.83. The molecule has 0 spiro atoms. The van der Waals surface area contributed by atoms with Crippen molar-refractivity contribution in [1.82, 2.24) is 0 Å². The second-order valence-electron chi connectivity index (χ2n) is 3.31. The van der Waals surface area contributed by atoms with Crippen LogP contribution in [0.25, 0.3) is 0 Å². The van der Waals surface area contributed by atoms with Gasteiger partial charge in [-0.25, -0.2) is 0 Å². The Morgan fingerprint density at radius 2 is 2.00 bits per heavy atom. The van der Waals surface area contributed by atoms with E-state index in [0.717, 1.165) is 17.9 Å². The highest BCUT2D eigenvalue weighted by atomic mass is 16.6. The van der Waals surface area contributed by atoms with Crippen LogP contribution in [-0.2, 0) is 9.47 Å². The van der Waals surface area contributed by atoms with Crippen molar-refractivity contribution in [2.45, 2.75) is 39.7 Å². The maximum absolute atomic E-state index is 5.69. The second kappa shape index (κ2) is 2.76. The monoisotopic (exact) mass is 156 g/mol. The van der Waals surface area contributed by atoms with Crippen LogP contribution in [0.3, 0.4) is 0 Å². The van der Waals surface area contributed by atoms with Gasteiger partial charge in [0.05, 0.1) is 0 Å². The van der Waals surface area contributed by atoms with Crippen LogP contribution in [0.5, 0.6) is 0 Å². The molecule has 1 aliphatic heterocycles. The Bertz CT molecular complexity index is 184. The average molecular weight is 156 g/mol. The van der Waals surface area contributed by atoms with Crippen molar-refractivity contribution in [1.29, 1.82) is 0 Å². The molecule has 1 unspecified atom stereocenters. The molecule has 0 radical (unpaired) electrons. The van der Waals surface area contributed by atoms with Crippen LogP contribution in [-0.4, -0.2) is 12.2 Å². The third-order valence-electron chi connectivity index (χ3n) is 2.24. The molecule has 1 rings (SSSR count).